The van der Waals surface area contributed by atoms with Gasteiger partial charge in [-0.15, -0.1) is 10.2 Å². The van der Waals surface area contributed by atoms with Crippen molar-refractivity contribution in [2.75, 3.05) is 0 Å². The lowest BCUT2D eigenvalue weighted by atomic mass is 9.84. The molecule has 0 N–H and O–H groups in total. The Labute approximate surface area is 154 Å². The molecule has 0 bridgehead atoms. The minimum atomic E-state index is -1.34. The molecule has 2 aromatic carbocycles. The molecule has 0 spiro atoms. The van der Waals surface area contributed by atoms with Gasteiger partial charge in [0, 0.05) is 21.9 Å². The van der Waals surface area contributed by atoms with Gasteiger partial charge < -0.3 is 4.42 Å². The fourth-order valence-electron chi connectivity index (χ4n) is 2.47. The summed E-state index contributed by atoms with van der Waals surface area (Å²) in [5.74, 6) is 0.989. The minimum Gasteiger partial charge on any atom is -0.420 e. The van der Waals surface area contributed by atoms with E-state index in [0.717, 1.165) is 11.1 Å². The number of hydrogen-bond acceptors (Lipinski definition) is 5. The number of benzene rings is 2. The van der Waals surface area contributed by atoms with Gasteiger partial charge in [-0.25, -0.2) is 4.21 Å². The van der Waals surface area contributed by atoms with Crippen LogP contribution >= 0.6 is 0 Å². The van der Waals surface area contributed by atoms with Crippen LogP contribution in [0.1, 0.15) is 25.3 Å². The molecule has 0 amide bonds. The second-order valence-corrected chi connectivity index (χ2v) is 7.50. The van der Waals surface area contributed by atoms with E-state index < -0.39 is 16.2 Å². The van der Waals surface area contributed by atoms with E-state index in [9.17, 15) is 4.21 Å². The Morgan fingerprint density at radius 2 is 1.77 bits per heavy atom. The molecular formula is C20H17N3O2S. The maximum atomic E-state index is 12.0. The molecule has 1 aromatic heterocycles. The summed E-state index contributed by atoms with van der Waals surface area (Å²) in [5, 5.41) is 18.3. The Morgan fingerprint density at radius 3 is 2.42 bits per heavy atom. The Morgan fingerprint density at radius 1 is 1.08 bits per heavy atom. The van der Waals surface area contributed by atoms with Gasteiger partial charge in [-0.3, -0.25) is 0 Å². The number of nitriles is 1. The van der Waals surface area contributed by atoms with Crippen molar-refractivity contribution in [3.05, 3.63) is 77.5 Å². The predicted octanol–water partition coefficient (Wildman–Crippen LogP) is 4.21. The summed E-state index contributed by atoms with van der Waals surface area (Å²) in [6.07, 6.45) is 1.22. The van der Waals surface area contributed by atoms with Gasteiger partial charge in [-0.05, 0) is 43.7 Å². The second kappa shape index (κ2) is 7.46. The van der Waals surface area contributed by atoms with Crippen molar-refractivity contribution in [1.29, 1.82) is 5.26 Å². The molecule has 6 heteroatoms. The van der Waals surface area contributed by atoms with E-state index in [1.807, 2.05) is 62.4 Å². The first-order chi connectivity index (χ1) is 12.5. The van der Waals surface area contributed by atoms with Crippen molar-refractivity contribution in [2.24, 2.45) is 0 Å². The molecular weight excluding hydrogens is 346 g/mol. The van der Waals surface area contributed by atoms with E-state index >= 15 is 0 Å². The Hall–Kier alpha value is -3.04. The van der Waals surface area contributed by atoms with Gasteiger partial charge in [0.05, 0.1) is 22.3 Å². The van der Waals surface area contributed by atoms with E-state index in [1.165, 1.54) is 11.5 Å². The SMILES string of the molecule is CC(C)(c1ccc(S(=O)/C=C/C#N)cc1)c1nnc(-c2ccccc2)o1. The van der Waals surface area contributed by atoms with Crippen molar-refractivity contribution >= 4 is 10.8 Å². The van der Waals surface area contributed by atoms with Gasteiger partial charge in [0.25, 0.3) is 0 Å². The highest BCUT2D eigenvalue weighted by atomic mass is 32.2. The third kappa shape index (κ3) is 3.63. The van der Waals surface area contributed by atoms with Crippen LogP contribution in [0.5, 0.6) is 0 Å². The molecule has 0 saturated carbocycles. The van der Waals surface area contributed by atoms with Crippen LogP contribution in [0.15, 0.2) is 75.4 Å². The Kier molecular flexibility index (Phi) is 5.10. The highest BCUT2D eigenvalue weighted by Crippen LogP contribution is 2.32. The summed E-state index contributed by atoms with van der Waals surface area (Å²) < 4.78 is 17.9. The summed E-state index contributed by atoms with van der Waals surface area (Å²) in [7, 11) is -1.34. The van der Waals surface area contributed by atoms with Crippen LogP contribution in [0.25, 0.3) is 11.5 Å². The Balaban J connectivity index is 1.87. The molecule has 0 radical (unpaired) electrons. The van der Waals surface area contributed by atoms with Gasteiger partial charge in [0.1, 0.15) is 0 Å². The van der Waals surface area contributed by atoms with Gasteiger partial charge in [0.15, 0.2) is 0 Å². The van der Waals surface area contributed by atoms with Crippen molar-refractivity contribution in [3.8, 4) is 17.5 Å². The summed E-state index contributed by atoms with van der Waals surface area (Å²) >= 11 is 0. The summed E-state index contributed by atoms with van der Waals surface area (Å²) in [6.45, 7) is 3.99. The molecule has 5 nitrogen and oxygen atoms in total. The van der Waals surface area contributed by atoms with Gasteiger partial charge in [-0.2, -0.15) is 5.26 Å². The van der Waals surface area contributed by atoms with Gasteiger partial charge in [-0.1, -0.05) is 30.3 Å². The molecule has 1 atom stereocenters. The molecule has 1 unspecified atom stereocenters. The van der Waals surface area contributed by atoms with Crippen LogP contribution in [0.4, 0.5) is 0 Å². The zero-order chi connectivity index (χ0) is 18.6. The maximum Gasteiger partial charge on any atom is 0.247 e. The van der Waals surface area contributed by atoms with Crippen molar-refractivity contribution in [3.63, 3.8) is 0 Å². The average molecular weight is 363 g/mol. The van der Waals surface area contributed by atoms with Gasteiger partial charge in [0.2, 0.25) is 11.8 Å². The molecule has 1 heterocycles. The summed E-state index contributed by atoms with van der Waals surface area (Å²) in [5.41, 5.74) is 1.34. The number of rotatable bonds is 5. The molecule has 0 fully saturated rings. The topological polar surface area (TPSA) is 79.8 Å². The molecule has 0 aliphatic heterocycles. The van der Waals surface area contributed by atoms with E-state index in [1.54, 1.807) is 12.1 Å². The summed E-state index contributed by atoms with van der Waals surface area (Å²) in [4.78, 5) is 0.631. The minimum absolute atomic E-state index is 0.480. The van der Waals surface area contributed by atoms with Crippen molar-refractivity contribution in [1.82, 2.24) is 10.2 Å². The fraction of sp³-hybridized carbons (Fsp3) is 0.150. The van der Waals surface area contributed by atoms with Crippen LogP contribution in [0, 0.1) is 11.3 Å². The normalized spacial score (nSPS) is 12.8. The first kappa shape index (κ1) is 17.8. The molecule has 130 valence electrons. The lowest BCUT2D eigenvalue weighted by Crippen LogP contribution is -2.19. The highest BCUT2D eigenvalue weighted by Gasteiger charge is 2.30. The Bertz CT molecular complexity index is 984. The second-order valence-electron chi connectivity index (χ2n) is 6.16. The van der Waals surface area contributed by atoms with Gasteiger partial charge >= 0.3 is 0 Å². The third-order valence-electron chi connectivity index (χ3n) is 4.05. The quantitative estimate of drug-likeness (QED) is 0.635. The van der Waals surface area contributed by atoms with E-state index in [4.69, 9.17) is 9.68 Å². The van der Waals surface area contributed by atoms with E-state index in [0.29, 0.717) is 16.7 Å². The van der Waals surface area contributed by atoms with Crippen LogP contribution < -0.4 is 0 Å². The van der Waals surface area contributed by atoms with E-state index in [-0.39, 0.29) is 0 Å². The van der Waals surface area contributed by atoms with E-state index in [2.05, 4.69) is 10.2 Å². The third-order valence-corrected chi connectivity index (χ3v) is 5.17. The number of allylic oxidation sites excluding steroid dienone is 1. The lowest BCUT2D eigenvalue weighted by Gasteiger charge is -2.20. The molecule has 0 saturated heterocycles. The molecule has 3 rings (SSSR count). The lowest BCUT2D eigenvalue weighted by molar-refractivity contribution is 0.420. The predicted molar refractivity (Wildman–Crippen MR) is 99.5 cm³/mol. The maximum absolute atomic E-state index is 12.0. The fourth-order valence-corrected chi connectivity index (χ4v) is 3.22. The number of aromatic nitrogens is 2. The first-order valence-electron chi connectivity index (χ1n) is 7.99. The number of hydrogen-bond donors (Lipinski definition) is 0. The van der Waals surface area contributed by atoms with Crippen LogP contribution in [0.3, 0.4) is 0 Å². The average Bonchev–Trinajstić information content (AvgIpc) is 3.18. The zero-order valence-corrected chi connectivity index (χ0v) is 15.2. The number of nitrogens with zero attached hydrogens (tertiary/aromatic N) is 3. The van der Waals surface area contributed by atoms with Crippen molar-refractivity contribution in [2.45, 2.75) is 24.2 Å². The smallest absolute Gasteiger partial charge is 0.247 e. The van der Waals surface area contributed by atoms with Crippen LogP contribution in [-0.4, -0.2) is 14.4 Å². The summed E-state index contributed by atoms with van der Waals surface area (Å²) in [6, 6.07) is 18.8. The van der Waals surface area contributed by atoms with Crippen LogP contribution in [0.2, 0.25) is 0 Å². The molecule has 0 aliphatic carbocycles. The molecule has 0 aliphatic rings. The highest BCUT2D eigenvalue weighted by molar-refractivity contribution is 7.88. The first-order valence-corrected chi connectivity index (χ1v) is 9.20. The largest absolute Gasteiger partial charge is 0.420 e. The molecule has 3 aromatic rings. The molecule has 26 heavy (non-hydrogen) atoms. The zero-order valence-electron chi connectivity index (χ0n) is 14.4. The monoisotopic (exact) mass is 363 g/mol. The van der Waals surface area contributed by atoms with Crippen molar-refractivity contribution < 1.29 is 8.63 Å². The standard InChI is InChI=1S/C20H17N3O2S/c1-20(2,16-9-11-17(12-10-16)26(24)14-6-13-21)19-23-22-18(25-19)15-7-4-3-5-8-15/h3-12,14H,1-2H3/b14-6+. The van der Waals surface area contributed by atoms with Crippen LogP contribution in [-0.2, 0) is 16.2 Å².